The smallest absolute Gasteiger partial charge is 0.472 e. The van der Waals surface area contributed by atoms with Gasteiger partial charge in [0.15, 0.2) is 6.10 Å². The molecule has 0 aliphatic rings. The van der Waals surface area contributed by atoms with Crippen molar-refractivity contribution >= 4 is 25.7 Å². The maximum absolute atomic E-state index is 12.5. The summed E-state index contributed by atoms with van der Waals surface area (Å²) in [5.74, 6) is -2.42. The van der Waals surface area contributed by atoms with Crippen LogP contribution in [-0.4, -0.2) is 59.9 Å². The number of phosphoric acid groups is 1. The molecule has 47 heavy (non-hydrogen) atoms. The van der Waals surface area contributed by atoms with Gasteiger partial charge < -0.3 is 25.2 Å². The zero-order chi connectivity index (χ0) is 35.0. The summed E-state index contributed by atoms with van der Waals surface area (Å²) in [4.78, 5) is 45.5. The number of hydrogen-bond acceptors (Lipinski definition) is 9. The van der Waals surface area contributed by atoms with Gasteiger partial charge in [-0.1, -0.05) is 115 Å². The van der Waals surface area contributed by atoms with Crippen molar-refractivity contribution in [2.24, 2.45) is 5.73 Å². The second-order valence-electron chi connectivity index (χ2n) is 11.6. The minimum Gasteiger partial charge on any atom is -0.480 e. The number of carboxylic acid groups (broad SMARTS) is 1. The molecule has 0 aliphatic heterocycles. The van der Waals surface area contributed by atoms with Crippen molar-refractivity contribution in [1.29, 1.82) is 0 Å². The number of rotatable bonds is 32. The van der Waals surface area contributed by atoms with E-state index in [1.165, 1.54) is 38.5 Å². The molecule has 0 rings (SSSR count). The normalized spacial score (nSPS) is 14.5. The van der Waals surface area contributed by atoms with Gasteiger partial charge in [0.2, 0.25) is 0 Å². The third-order valence-corrected chi connectivity index (χ3v) is 8.10. The number of ether oxygens (including phenoxy) is 2. The average Bonchev–Trinajstić information content (AvgIpc) is 3.04. The van der Waals surface area contributed by atoms with Gasteiger partial charge in [0, 0.05) is 12.8 Å². The van der Waals surface area contributed by atoms with Gasteiger partial charge in [0.1, 0.15) is 12.6 Å². The fourth-order valence-electron chi connectivity index (χ4n) is 4.37. The minimum atomic E-state index is -4.71. The first-order chi connectivity index (χ1) is 22.6. The number of phosphoric ester groups is 1. The molecular weight excluding hydrogens is 625 g/mol. The van der Waals surface area contributed by atoms with Gasteiger partial charge in [-0.25, -0.2) is 4.57 Å². The van der Waals surface area contributed by atoms with E-state index in [4.69, 9.17) is 24.8 Å². The van der Waals surface area contributed by atoms with Crippen LogP contribution >= 0.6 is 7.82 Å². The highest BCUT2D eigenvalue weighted by molar-refractivity contribution is 7.47. The van der Waals surface area contributed by atoms with Crippen molar-refractivity contribution in [2.45, 2.75) is 148 Å². The Morgan fingerprint density at radius 3 is 1.79 bits per heavy atom. The number of esters is 2. The lowest BCUT2D eigenvalue weighted by atomic mass is 10.1. The lowest BCUT2D eigenvalue weighted by Crippen LogP contribution is -2.34. The Kier molecular flexibility index (Phi) is 29.5. The van der Waals surface area contributed by atoms with E-state index < -0.39 is 51.1 Å². The third-order valence-electron chi connectivity index (χ3n) is 7.15. The van der Waals surface area contributed by atoms with Gasteiger partial charge >= 0.3 is 25.7 Å². The standard InChI is InChI=1S/C35H62NO10P/c1-3-5-7-9-11-13-15-16-17-19-21-23-25-27-34(38)46-31(29-44-47(41,42)45-30-32(36)35(39)40)28-43-33(37)26-24-22-20-18-14-12-10-8-6-4-2/h5,7,11,13,16-17,31-32H,3-4,6,8-10,12,14-15,18-30,36H2,1-2H3,(H,39,40)(H,41,42)/b7-5-,13-11-,17-16-. The molecule has 11 nitrogen and oxygen atoms in total. The predicted octanol–water partition coefficient (Wildman–Crippen LogP) is 8.11. The van der Waals surface area contributed by atoms with Crippen molar-refractivity contribution in [3.63, 3.8) is 0 Å². The summed E-state index contributed by atoms with van der Waals surface area (Å²) in [6, 6.07) is -1.52. The van der Waals surface area contributed by atoms with E-state index in [-0.39, 0.29) is 19.4 Å². The van der Waals surface area contributed by atoms with E-state index in [1.54, 1.807) is 0 Å². The number of hydrogen-bond donors (Lipinski definition) is 3. The van der Waals surface area contributed by atoms with Gasteiger partial charge in [-0.2, -0.15) is 0 Å². The molecule has 0 bridgehead atoms. The maximum Gasteiger partial charge on any atom is 0.472 e. The highest BCUT2D eigenvalue weighted by atomic mass is 31.2. The van der Waals surface area contributed by atoms with Gasteiger partial charge in [-0.05, 0) is 44.9 Å². The second-order valence-corrected chi connectivity index (χ2v) is 13.1. The highest BCUT2D eigenvalue weighted by Crippen LogP contribution is 2.43. The van der Waals surface area contributed by atoms with Crippen molar-refractivity contribution in [3.05, 3.63) is 36.5 Å². The molecule has 0 saturated carbocycles. The number of allylic oxidation sites excluding steroid dienone is 6. The average molecular weight is 688 g/mol. The molecule has 0 saturated heterocycles. The van der Waals surface area contributed by atoms with E-state index in [0.29, 0.717) is 12.8 Å². The second kappa shape index (κ2) is 31.0. The molecule has 0 radical (unpaired) electrons. The van der Waals surface area contributed by atoms with E-state index >= 15 is 0 Å². The number of carbonyl (C=O) groups is 3. The molecule has 0 aromatic rings. The lowest BCUT2D eigenvalue weighted by Gasteiger charge is -2.20. The first-order valence-corrected chi connectivity index (χ1v) is 19.0. The molecule has 0 amide bonds. The third kappa shape index (κ3) is 30.8. The van der Waals surface area contributed by atoms with Crippen LogP contribution in [0.1, 0.15) is 136 Å². The number of aliphatic carboxylic acids is 1. The van der Waals surface area contributed by atoms with Crippen molar-refractivity contribution in [2.75, 3.05) is 19.8 Å². The summed E-state index contributed by atoms with van der Waals surface area (Å²) in [6.07, 6.45) is 29.4. The molecule has 0 spiro atoms. The quantitative estimate of drug-likeness (QED) is 0.0270. The van der Waals surface area contributed by atoms with Crippen molar-refractivity contribution < 1.29 is 47.5 Å². The molecule has 0 heterocycles. The predicted molar refractivity (Wildman–Crippen MR) is 185 cm³/mol. The molecular formula is C35H62NO10P. The van der Waals surface area contributed by atoms with Gasteiger partial charge in [0.05, 0.1) is 13.2 Å². The molecule has 0 aromatic carbocycles. The fourth-order valence-corrected chi connectivity index (χ4v) is 5.15. The molecule has 0 fully saturated rings. The minimum absolute atomic E-state index is 0.127. The zero-order valence-corrected chi connectivity index (χ0v) is 29.8. The number of nitrogens with two attached hydrogens (primary N) is 1. The zero-order valence-electron chi connectivity index (χ0n) is 28.9. The summed E-state index contributed by atoms with van der Waals surface area (Å²) < 4.78 is 32.4. The van der Waals surface area contributed by atoms with Crippen LogP contribution in [0.4, 0.5) is 0 Å². The van der Waals surface area contributed by atoms with Crippen LogP contribution in [0.25, 0.3) is 0 Å². The molecule has 3 atom stereocenters. The monoisotopic (exact) mass is 687 g/mol. The number of unbranched alkanes of at least 4 members (excludes halogenated alkanes) is 12. The van der Waals surface area contributed by atoms with Crippen LogP contribution in [0, 0.1) is 0 Å². The Labute approximate surface area is 282 Å². The van der Waals surface area contributed by atoms with E-state index in [9.17, 15) is 23.8 Å². The summed E-state index contributed by atoms with van der Waals surface area (Å²) in [5.41, 5.74) is 5.30. The van der Waals surface area contributed by atoms with Crippen LogP contribution in [0.3, 0.4) is 0 Å². The molecule has 0 aromatic heterocycles. The molecule has 272 valence electrons. The van der Waals surface area contributed by atoms with Crippen LogP contribution < -0.4 is 5.73 Å². The van der Waals surface area contributed by atoms with E-state index in [1.807, 2.05) is 0 Å². The van der Waals surface area contributed by atoms with E-state index in [2.05, 4.69) is 54.8 Å². The molecule has 4 N–H and O–H groups in total. The van der Waals surface area contributed by atoms with Crippen LogP contribution in [0.15, 0.2) is 36.5 Å². The Hall–Kier alpha value is -2.30. The Morgan fingerprint density at radius 2 is 1.19 bits per heavy atom. The Morgan fingerprint density at radius 1 is 0.681 bits per heavy atom. The topological polar surface area (TPSA) is 172 Å². The lowest BCUT2D eigenvalue weighted by molar-refractivity contribution is -0.161. The van der Waals surface area contributed by atoms with Gasteiger partial charge in [-0.15, -0.1) is 0 Å². The molecule has 12 heteroatoms. The van der Waals surface area contributed by atoms with Crippen molar-refractivity contribution in [3.8, 4) is 0 Å². The summed E-state index contributed by atoms with van der Waals surface area (Å²) in [5, 5.41) is 8.83. The SMILES string of the molecule is CC/C=C\C/C=C\C/C=C\CCCCCC(=O)OC(COC(=O)CCCCCCCCCCCC)COP(=O)(O)OCC(N)C(=O)O. The molecule has 3 unspecified atom stereocenters. The highest BCUT2D eigenvalue weighted by Gasteiger charge is 2.28. The maximum atomic E-state index is 12.5. The van der Waals surface area contributed by atoms with Crippen LogP contribution in [0.2, 0.25) is 0 Å². The van der Waals surface area contributed by atoms with E-state index in [0.717, 1.165) is 57.8 Å². The van der Waals surface area contributed by atoms with Gasteiger partial charge in [0.25, 0.3) is 0 Å². The Bertz CT molecular complexity index is 953. The largest absolute Gasteiger partial charge is 0.480 e. The number of carbonyl (C=O) groups excluding carboxylic acids is 2. The van der Waals surface area contributed by atoms with Crippen LogP contribution in [-0.2, 0) is 37.5 Å². The number of carboxylic acids is 1. The summed E-state index contributed by atoms with van der Waals surface area (Å²) in [7, 11) is -4.71. The Balaban J connectivity index is 4.55. The first kappa shape index (κ1) is 44.7. The van der Waals surface area contributed by atoms with Crippen molar-refractivity contribution in [1.82, 2.24) is 0 Å². The molecule has 0 aliphatic carbocycles. The van der Waals surface area contributed by atoms with Crippen LogP contribution in [0.5, 0.6) is 0 Å². The summed E-state index contributed by atoms with van der Waals surface area (Å²) >= 11 is 0. The van der Waals surface area contributed by atoms with Gasteiger partial charge in [-0.3, -0.25) is 23.4 Å². The fraction of sp³-hybridized carbons (Fsp3) is 0.743. The summed E-state index contributed by atoms with van der Waals surface area (Å²) in [6.45, 7) is 2.60. The first-order valence-electron chi connectivity index (χ1n) is 17.5.